The van der Waals surface area contributed by atoms with Gasteiger partial charge in [0.2, 0.25) is 5.91 Å². The lowest BCUT2D eigenvalue weighted by Crippen LogP contribution is -2.40. The zero-order chi connectivity index (χ0) is 19.7. The van der Waals surface area contributed by atoms with Crippen molar-refractivity contribution in [2.75, 3.05) is 0 Å². The minimum absolute atomic E-state index is 0.0131. The maximum absolute atomic E-state index is 12.6. The maximum Gasteiger partial charge on any atom is 0.330 e. The largest absolute Gasteiger partial charge is 0.349 e. The summed E-state index contributed by atoms with van der Waals surface area (Å²) in [6, 6.07) is 7.37. The summed E-state index contributed by atoms with van der Waals surface area (Å²) in [5.74, 6) is -0.428. The molecule has 1 atom stereocenters. The molecule has 9 nitrogen and oxygen atoms in total. The number of hydrogen-bond donors (Lipinski definition) is 1. The second-order valence-corrected chi connectivity index (χ2v) is 6.24. The van der Waals surface area contributed by atoms with Gasteiger partial charge in [-0.2, -0.15) is 0 Å². The van der Waals surface area contributed by atoms with E-state index in [1.807, 2.05) is 0 Å². The number of carbonyl (C=O) groups is 1. The van der Waals surface area contributed by atoms with E-state index in [0.29, 0.717) is 16.6 Å². The topological polar surface area (TPSA) is 108 Å². The zero-order valence-corrected chi connectivity index (χ0v) is 15.2. The predicted molar refractivity (Wildman–Crippen MR) is 99.5 cm³/mol. The molecular formula is C18H19N5O4. The van der Waals surface area contributed by atoms with Crippen LogP contribution in [0.4, 0.5) is 0 Å². The van der Waals surface area contributed by atoms with Gasteiger partial charge in [0.05, 0.1) is 23.8 Å². The van der Waals surface area contributed by atoms with Crippen molar-refractivity contribution < 1.29 is 4.79 Å². The van der Waals surface area contributed by atoms with Gasteiger partial charge in [0, 0.05) is 25.9 Å². The van der Waals surface area contributed by atoms with Gasteiger partial charge < -0.3 is 5.32 Å². The van der Waals surface area contributed by atoms with Crippen molar-refractivity contribution in [3.05, 3.63) is 73.5 Å². The average Bonchev–Trinajstić information content (AvgIpc) is 2.68. The van der Waals surface area contributed by atoms with E-state index in [2.05, 4.69) is 10.3 Å². The standard InChI is InChI=1S/C18H19N5O4/c1-11(23-10-20-14-7-5-4-6-13(14)17(23)26)16(25)19-9-12-8-15(24)22(3)18(27)21(12)2/h4-8,10-11H,9H2,1-3H3,(H,19,25)/t11-/m1/s1. The Hall–Kier alpha value is -3.49. The predicted octanol–water partition coefficient (Wildman–Crippen LogP) is -0.329. The Labute approximate surface area is 153 Å². The van der Waals surface area contributed by atoms with Crippen LogP contribution >= 0.6 is 0 Å². The SMILES string of the molecule is C[C@H](C(=O)NCc1cc(=O)n(C)c(=O)n1C)n1cnc2ccccc2c1=O. The third-order valence-electron chi connectivity index (χ3n) is 4.56. The van der Waals surface area contributed by atoms with Gasteiger partial charge in [0.15, 0.2) is 0 Å². The first kappa shape index (κ1) is 18.3. The van der Waals surface area contributed by atoms with Crippen molar-refractivity contribution in [3.8, 4) is 0 Å². The van der Waals surface area contributed by atoms with Crippen LogP contribution in [0.5, 0.6) is 0 Å². The minimum Gasteiger partial charge on any atom is -0.349 e. The van der Waals surface area contributed by atoms with Crippen LogP contribution in [0.25, 0.3) is 10.9 Å². The molecule has 2 heterocycles. The fraction of sp³-hybridized carbons (Fsp3) is 0.278. The summed E-state index contributed by atoms with van der Waals surface area (Å²) in [5.41, 5.74) is -0.321. The molecule has 27 heavy (non-hydrogen) atoms. The van der Waals surface area contributed by atoms with Gasteiger partial charge in [0.1, 0.15) is 6.04 Å². The summed E-state index contributed by atoms with van der Waals surface area (Å²) in [7, 11) is 2.90. The summed E-state index contributed by atoms with van der Waals surface area (Å²) < 4.78 is 3.52. The van der Waals surface area contributed by atoms with Gasteiger partial charge >= 0.3 is 5.69 Å². The molecule has 0 spiro atoms. The lowest BCUT2D eigenvalue weighted by molar-refractivity contribution is -0.124. The molecule has 140 valence electrons. The van der Waals surface area contributed by atoms with E-state index in [0.717, 1.165) is 4.57 Å². The van der Waals surface area contributed by atoms with Crippen molar-refractivity contribution in [3.63, 3.8) is 0 Å². The van der Waals surface area contributed by atoms with Crippen LogP contribution < -0.4 is 22.1 Å². The molecule has 1 N–H and O–H groups in total. The highest BCUT2D eigenvalue weighted by Crippen LogP contribution is 2.08. The Morgan fingerprint density at radius 2 is 1.85 bits per heavy atom. The van der Waals surface area contributed by atoms with E-state index in [-0.39, 0.29) is 12.1 Å². The molecule has 0 saturated heterocycles. The number of nitrogens with one attached hydrogen (secondary N) is 1. The van der Waals surface area contributed by atoms with Crippen molar-refractivity contribution in [1.29, 1.82) is 0 Å². The smallest absolute Gasteiger partial charge is 0.330 e. The first-order valence-electron chi connectivity index (χ1n) is 8.30. The molecule has 3 rings (SSSR count). The number of carbonyl (C=O) groups excluding carboxylic acids is 1. The first-order valence-corrected chi connectivity index (χ1v) is 8.30. The number of para-hydroxylation sites is 1. The minimum atomic E-state index is -0.807. The molecule has 0 fully saturated rings. The third-order valence-corrected chi connectivity index (χ3v) is 4.56. The summed E-state index contributed by atoms with van der Waals surface area (Å²) in [4.78, 5) is 53.0. The van der Waals surface area contributed by atoms with Crippen LogP contribution in [0.1, 0.15) is 18.7 Å². The van der Waals surface area contributed by atoms with Crippen molar-refractivity contribution in [2.45, 2.75) is 19.5 Å². The van der Waals surface area contributed by atoms with Gasteiger partial charge in [-0.1, -0.05) is 12.1 Å². The molecule has 3 aromatic rings. The number of nitrogens with zero attached hydrogens (tertiary/aromatic N) is 4. The van der Waals surface area contributed by atoms with Crippen LogP contribution in [0.15, 0.2) is 51.0 Å². The molecule has 0 aliphatic carbocycles. The highest BCUT2D eigenvalue weighted by molar-refractivity contribution is 5.81. The average molecular weight is 369 g/mol. The van der Waals surface area contributed by atoms with E-state index >= 15 is 0 Å². The number of benzene rings is 1. The molecule has 1 amide bonds. The Morgan fingerprint density at radius 3 is 2.59 bits per heavy atom. The number of fused-ring (bicyclic) bond motifs is 1. The highest BCUT2D eigenvalue weighted by Gasteiger charge is 2.18. The molecule has 0 unspecified atom stereocenters. The fourth-order valence-corrected chi connectivity index (χ4v) is 2.76. The van der Waals surface area contributed by atoms with Gasteiger partial charge in [-0.3, -0.25) is 28.1 Å². The Kier molecular flexibility index (Phi) is 4.76. The van der Waals surface area contributed by atoms with Gasteiger partial charge in [-0.15, -0.1) is 0 Å². The molecular weight excluding hydrogens is 350 g/mol. The summed E-state index contributed by atoms with van der Waals surface area (Å²) in [6.07, 6.45) is 1.34. The van der Waals surface area contributed by atoms with Gasteiger partial charge in [-0.25, -0.2) is 9.78 Å². The van der Waals surface area contributed by atoms with Crippen LogP contribution in [0.3, 0.4) is 0 Å². The first-order chi connectivity index (χ1) is 12.8. The number of amides is 1. The quantitative estimate of drug-likeness (QED) is 0.678. The van der Waals surface area contributed by atoms with E-state index in [1.165, 1.54) is 35.6 Å². The summed E-state index contributed by atoms with van der Waals surface area (Å²) in [6.45, 7) is 1.57. The van der Waals surface area contributed by atoms with Crippen molar-refractivity contribution >= 4 is 16.8 Å². The van der Waals surface area contributed by atoms with Crippen LogP contribution in [0.2, 0.25) is 0 Å². The maximum atomic E-state index is 12.6. The second kappa shape index (κ2) is 7.02. The third kappa shape index (κ3) is 3.31. The number of aromatic nitrogens is 4. The Balaban J connectivity index is 1.83. The molecule has 0 aliphatic heterocycles. The molecule has 1 aromatic carbocycles. The highest BCUT2D eigenvalue weighted by atomic mass is 16.2. The van der Waals surface area contributed by atoms with E-state index in [4.69, 9.17) is 0 Å². The molecule has 0 bridgehead atoms. The second-order valence-electron chi connectivity index (χ2n) is 6.24. The van der Waals surface area contributed by atoms with E-state index in [1.54, 1.807) is 31.2 Å². The molecule has 9 heteroatoms. The summed E-state index contributed by atoms with van der Waals surface area (Å²) >= 11 is 0. The molecule has 0 radical (unpaired) electrons. The Morgan fingerprint density at radius 1 is 1.15 bits per heavy atom. The van der Waals surface area contributed by atoms with Crippen LogP contribution in [-0.2, 0) is 25.4 Å². The van der Waals surface area contributed by atoms with Gasteiger partial charge in [0.25, 0.3) is 11.1 Å². The fourth-order valence-electron chi connectivity index (χ4n) is 2.76. The molecule has 0 aliphatic rings. The van der Waals surface area contributed by atoms with Crippen molar-refractivity contribution in [1.82, 2.24) is 24.0 Å². The molecule has 0 saturated carbocycles. The lowest BCUT2D eigenvalue weighted by Gasteiger charge is -2.16. The van der Waals surface area contributed by atoms with Gasteiger partial charge in [-0.05, 0) is 19.1 Å². The summed E-state index contributed by atoms with van der Waals surface area (Å²) in [5, 5.41) is 3.08. The number of rotatable bonds is 4. The lowest BCUT2D eigenvalue weighted by atomic mass is 10.2. The van der Waals surface area contributed by atoms with Crippen LogP contribution in [0, 0.1) is 0 Å². The zero-order valence-electron chi connectivity index (χ0n) is 15.2. The van der Waals surface area contributed by atoms with E-state index in [9.17, 15) is 19.2 Å². The molecule has 2 aromatic heterocycles. The van der Waals surface area contributed by atoms with E-state index < -0.39 is 23.2 Å². The monoisotopic (exact) mass is 369 g/mol. The normalized spacial score (nSPS) is 12.1. The van der Waals surface area contributed by atoms with Crippen molar-refractivity contribution in [2.24, 2.45) is 14.1 Å². The Bertz CT molecular complexity index is 1200. The number of hydrogen-bond acceptors (Lipinski definition) is 5. The van der Waals surface area contributed by atoms with Crippen LogP contribution in [-0.4, -0.2) is 24.6 Å².